The fourth-order valence-electron chi connectivity index (χ4n) is 8.05. The number of hydrogen-bond donors (Lipinski definition) is 2. The van der Waals surface area contributed by atoms with Crippen LogP contribution in [-0.2, 0) is 9.57 Å². The minimum absolute atomic E-state index is 0.0486. The summed E-state index contributed by atoms with van der Waals surface area (Å²) >= 11 is 1.73. The lowest BCUT2D eigenvalue weighted by molar-refractivity contribution is -0.223. The maximum absolute atomic E-state index is 11.5. The van der Waals surface area contributed by atoms with Gasteiger partial charge in [-0.3, -0.25) is 4.79 Å². The number of thioether (sulfide) groups is 1. The van der Waals surface area contributed by atoms with Gasteiger partial charge >= 0.3 is 0 Å². The Labute approximate surface area is 299 Å². The van der Waals surface area contributed by atoms with E-state index in [4.69, 9.17) is 19.0 Å². The first-order valence-electron chi connectivity index (χ1n) is 17.6. The number of aliphatic hydroxyl groups is 2. The third-order valence-corrected chi connectivity index (χ3v) is 11.4. The first-order valence-corrected chi connectivity index (χ1v) is 18.5. The van der Waals surface area contributed by atoms with Gasteiger partial charge in [-0.05, 0) is 85.6 Å². The Morgan fingerprint density at radius 2 is 1.76 bits per heavy atom. The van der Waals surface area contributed by atoms with Gasteiger partial charge in [0.25, 0.3) is 0 Å². The monoisotopic (exact) mass is 697 g/mol. The summed E-state index contributed by atoms with van der Waals surface area (Å²) in [7, 11) is 1.59. The number of carbonyl (C=O) groups excluding carboxylic acids is 1. The number of allylic oxidation sites excluding steroid dienone is 1. The van der Waals surface area contributed by atoms with Gasteiger partial charge in [0.2, 0.25) is 5.79 Å². The van der Waals surface area contributed by atoms with Crippen molar-refractivity contribution in [3.8, 4) is 17.2 Å². The predicted molar refractivity (Wildman–Crippen MR) is 196 cm³/mol. The molecule has 2 aliphatic carbocycles. The molecule has 0 spiro atoms. The summed E-state index contributed by atoms with van der Waals surface area (Å²) in [5.74, 6) is 0.998. The van der Waals surface area contributed by atoms with Gasteiger partial charge in [0.15, 0.2) is 0 Å². The Balaban J connectivity index is 1.54. The second-order valence-electron chi connectivity index (χ2n) is 13.2. The Kier molecular flexibility index (Phi) is 12.1. The van der Waals surface area contributed by atoms with Gasteiger partial charge in [-0.1, -0.05) is 60.5 Å². The molecule has 9 heteroatoms. The van der Waals surface area contributed by atoms with E-state index in [9.17, 15) is 15.0 Å². The second kappa shape index (κ2) is 16.9. The highest BCUT2D eigenvalue weighted by Crippen LogP contribution is 2.63. The van der Waals surface area contributed by atoms with E-state index in [0.29, 0.717) is 36.5 Å². The molecule has 50 heavy (non-hydrogen) atoms. The molecule has 2 N–H and O–H groups in total. The number of hydrogen-bond acceptors (Lipinski definition) is 9. The summed E-state index contributed by atoms with van der Waals surface area (Å²) in [6.45, 7) is 4.60. The average molecular weight is 698 g/mol. The number of rotatable bonds is 17. The van der Waals surface area contributed by atoms with Crippen molar-refractivity contribution in [2.45, 2.75) is 66.8 Å². The average Bonchev–Trinajstić information content (AvgIpc) is 3.14. The highest BCUT2D eigenvalue weighted by atomic mass is 32.2. The summed E-state index contributed by atoms with van der Waals surface area (Å²) in [4.78, 5) is 18.1. The highest BCUT2D eigenvalue weighted by Gasteiger charge is 2.64. The lowest BCUT2D eigenvalue weighted by Crippen LogP contribution is -2.64. The number of benzene rings is 3. The Hall–Kier alpha value is -3.89. The number of carbonyl (C=O) groups is 1. The molecule has 0 saturated heterocycles. The molecule has 3 aromatic rings. The highest BCUT2D eigenvalue weighted by molar-refractivity contribution is 8.00. The van der Waals surface area contributed by atoms with Gasteiger partial charge < -0.3 is 29.3 Å². The van der Waals surface area contributed by atoms with Gasteiger partial charge in [0.1, 0.15) is 30.6 Å². The first-order chi connectivity index (χ1) is 24.5. The van der Waals surface area contributed by atoms with Gasteiger partial charge in [-0.15, -0.1) is 18.3 Å². The molecule has 3 aromatic carbocycles. The summed E-state index contributed by atoms with van der Waals surface area (Å²) in [5.41, 5.74) is 3.54. The van der Waals surface area contributed by atoms with Crippen molar-refractivity contribution < 1.29 is 34.1 Å². The van der Waals surface area contributed by atoms with Crippen LogP contribution < -0.4 is 9.47 Å². The molecular weight excluding hydrogens is 651 g/mol. The molecule has 8 nitrogen and oxygen atoms in total. The van der Waals surface area contributed by atoms with Crippen molar-refractivity contribution in [2.75, 3.05) is 26.9 Å². The van der Waals surface area contributed by atoms with E-state index in [0.717, 1.165) is 65.9 Å². The summed E-state index contributed by atoms with van der Waals surface area (Å²) in [5, 5.41) is 24.0. The second-order valence-corrected chi connectivity index (χ2v) is 14.4. The van der Waals surface area contributed by atoms with Gasteiger partial charge in [-0.25, -0.2) is 0 Å². The van der Waals surface area contributed by atoms with Crippen LogP contribution >= 0.6 is 11.8 Å². The Bertz CT molecular complexity index is 1680. The van der Waals surface area contributed by atoms with Crippen LogP contribution in [0.25, 0.3) is 0 Å². The molecule has 1 aliphatic heterocycles. The van der Waals surface area contributed by atoms with Crippen molar-refractivity contribution in [2.24, 2.45) is 22.9 Å². The third-order valence-electron chi connectivity index (χ3n) is 10.1. The summed E-state index contributed by atoms with van der Waals surface area (Å²) in [6.07, 6.45) is 10.6. The number of unbranched alkanes of at least 4 members (excludes halogenated alkanes) is 2. The topological polar surface area (TPSA) is 107 Å². The van der Waals surface area contributed by atoms with E-state index in [1.165, 1.54) is 0 Å². The Morgan fingerprint density at radius 3 is 2.50 bits per heavy atom. The quantitative estimate of drug-likeness (QED) is 0.0628. The number of ether oxygens (including phenoxy) is 3. The van der Waals surface area contributed by atoms with E-state index in [1.807, 2.05) is 42.5 Å². The molecular formula is C41H47NO7S. The number of aliphatic hydroxyl groups excluding tert-OH is 2. The smallest absolute Gasteiger partial charge is 0.231 e. The number of aldehydes is 1. The van der Waals surface area contributed by atoms with Crippen LogP contribution in [0.5, 0.6) is 17.2 Å². The molecule has 0 unspecified atom stereocenters. The fourth-order valence-corrected chi connectivity index (χ4v) is 9.36. The minimum atomic E-state index is -1.06. The SMILES string of the molecule is C=CCO[C@@]12Oc3ccc(Oc4cccc(C=O)c4)cc3[C@H]3[C@H](CCCCO)[C@@H](CCCCO)C=C(C(=NOC)C[C@@H]1Sc1ccccc1)[C@H]32. The predicted octanol–water partition coefficient (Wildman–Crippen LogP) is 8.35. The van der Waals surface area contributed by atoms with Crippen molar-refractivity contribution in [1.82, 2.24) is 0 Å². The zero-order chi connectivity index (χ0) is 34.9. The molecule has 0 radical (unpaired) electrons. The van der Waals surface area contributed by atoms with Crippen molar-refractivity contribution in [3.63, 3.8) is 0 Å². The molecule has 1 heterocycles. The molecule has 264 valence electrons. The maximum Gasteiger partial charge on any atom is 0.231 e. The van der Waals surface area contributed by atoms with E-state index in [2.05, 4.69) is 36.0 Å². The van der Waals surface area contributed by atoms with Gasteiger partial charge in [-0.2, -0.15) is 0 Å². The van der Waals surface area contributed by atoms with E-state index < -0.39 is 5.79 Å². The molecule has 3 aliphatic rings. The van der Waals surface area contributed by atoms with Crippen molar-refractivity contribution in [3.05, 3.63) is 108 Å². The lowest BCUT2D eigenvalue weighted by atomic mass is 9.56. The normalized spacial score (nSPS) is 25.9. The fraction of sp³-hybridized carbons (Fsp3) is 0.415. The molecule has 1 fully saturated rings. The van der Waals surface area contributed by atoms with Crippen LogP contribution in [0.3, 0.4) is 0 Å². The number of fused-ring (bicyclic) bond motifs is 2. The van der Waals surface area contributed by atoms with E-state index in [-0.39, 0.29) is 42.1 Å². The van der Waals surface area contributed by atoms with Crippen molar-refractivity contribution >= 4 is 23.8 Å². The van der Waals surface area contributed by atoms with Crippen molar-refractivity contribution in [1.29, 1.82) is 0 Å². The van der Waals surface area contributed by atoms with Gasteiger partial charge in [0, 0.05) is 41.6 Å². The van der Waals surface area contributed by atoms with E-state index in [1.54, 1.807) is 37.1 Å². The van der Waals surface area contributed by atoms with E-state index >= 15 is 0 Å². The standard InChI is InChI=1S/C41H47NO7S/c1-3-22-47-41-38(50-32-15-5-4-6-16-32)26-36(42-46-2)34-24-29(13-7-9-20-43)33(17-8-10-21-44)39(40(34)41)35-25-31(18-19-37(35)49-41)48-30-14-11-12-28(23-30)27-45/h3-6,11-12,14-16,18-19,23-25,27,29,33,38-40,43-44H,1,7-10,13,17,20-22,26H2,2H3/t29-,33+,38-,39+,40+,41+/m0/s1. The lowest BCUT2D eigenvalue weighted by Gasteiger charge is -2.58. The van der Waals surface area contributed by atoms with Crippen LogP contribution in [0.2, 0.25) is 0 Å². The summed E-state index contributed by atoms with van der Waals surface area (Å²) in [6, 6.07) is 23.4. The van der Waals surface area contributed by atoms with Crippen LogP contribution in [0.1, 0.15) is 66.8 Å². The first kappa shape index (κ1) is 35.9. The van der Waals surface area contributed by atoms with Crippen LogP contribution in [0, 0.1) is 17.8 Å². The minimum Gasteiger partial charge on any atom is -0.460 e. The molecule has 0 bridgehead atoms. The largest absolute Gasteiger partial charge is 0.460 e. The van der Waals surface area contributed by atoms with Gasteiger partial charge in [0.05, 0.1) is 23.5 Å². The number of nitrogens with zero attached hydrogens (tertiary/aromatic N) is 1. The molecule has 1 saturated carbocycles. The van der Waals surface area contributed by atoms with Crippen LogP contribution in [0.4, 0.5) is 0 Å². The zero-order valence-corrected chi connectivity index (χ0v) is 29.4. The summed E-state index contributed by atoms with van der Waals surface area (Å²) < 4.78 is 20.5. The third kappa shape index (κ3) is 7.56. The molecule has 6 atom stereocenters. The maximum atomic E-state index is 11.5. The molecule has 6 rings (SSSR count). The number of oxime groups is 1. The molecule has 0 amide bonds. The van der Waals surface area contributed by atoms with Crippen LogP contribution in [0.15, 0.2) is 107 Å². The zero-order valence-electron chi connectivity index (χ0n) is 28.6. The molecule has 0 aromatic heterocycles. The van der Waals surface area contributed by atoms with Crippen LogP contribution in [-0.4, -0.2) is 60.2 Å². The Morgan fingerprint density at radius 1 is 0.980 bits per heavy atom.